The number of anilines is 1. The zero-order chi connectivity index (χ0) is 10.6. The van der Waals surface area contributed by atoms with E-state index in [4.69, 9.17) is 10.4 Å². The van der Waals surface area contributed by atoms with Gasteiger partial charge < -0.3 is 10.4 Å². The van der Waals surface area contributed by atoms with E-state index in [-0.39, 0.29) is 0 Å². The number of hydrogen-bond acceptors (Lipinski definition) is 4. The molecule has 1 rings (SSSR count). The zero-order valence-corrected chi connectivity index (χ0v) is 7.80. The highest BCUT2D eigenvalue weighted by atomic mass is 32.1. The zero-order valence-electron chi connectivity index (χ0n) is 6.98. The van der Waals surface area contributed by atoms with Crippen molar-refractivity contribution in [2.24, 2.45) is 0 Å². The Morgan fingerprint density at radius 2 is 2.36 bits per heavy atom. The van der Waals surface area contributed by atoms with Crippen LogP contribution in [0.2, 0.25) is 0 Å². The van der Waals surface area contributed by atoms with Gasteiger partial charge in [0.25, 0.3) is 0 Å². The van der Waals surface area contributed by atoms with Gasteiger partial charge in [-0.3, -0.25) is 9.59 Å². The van der Waals surface area contributed by atoms with Crippen LogP contribution >= 0.6 is 11.3 Å². The van der Waals surface area contributed by atoms with E-state index in [9.17, 15) is 9.59 Å². The average molecular weight is 210 g/mol. The SMILES string of the molecule is N#Cc1ccsc1NC(=O)CC(=O)O. The van der Waals surface area contributed by atoms with Gasteiger partial charge in [0, 0.05) is 0 Å². The van der Waals surface area contributed by atoms with E-state index in [1.807, 2.05) is 6.07 Å². The third kappa shape index (κ3) is 2.57. The molecule has 14 heavy (non-hydrogen) atoms. The van der Waals surface area contributed by atoms with Crippen molar-refractivity contribution < 1.29 is 14.7 Å². The van der Waals surface area contributed by atoms with Crippen LogP contribution in [0.25, 0.3) is 0 Å². The molecule has 1 amide bonds. The summed E-state index contributed by atoms with van der Waals surface area (Å²) in [5.74, 6) is -1.82. The molecule has 1 heterocycles. The molecule has 1 aromatic heterocycles. The topological polar surface area (TPSA) is 90.2 Å². The lowest BCUT2D eigenvalue weighted by Crippen LogP contribution is -2.15. The second kappa shape index (κ2) is 4.39. The number of carboxylic acids is 1. The first-order valence-electron chi connectivity index (χ1n) is 3.62. The summed E-state index contributed by atoms with van der Waals surface area (Å²) in [6.45, 7) is 0. The summed E-state index contributed by atoms with van der Waals surface area (Å²) < 4.78 is 0. The first-order valence-corrected chi connectivity index (χ1v) is 4.50. The number of thiophene rings is 1. The molecule has 0 aliphatic carbocycles. The monoisotopic (exact) mass is 210 g/mol. The molecule has 0 saturated carbocycles. The van der Waals surface area contributed by atoms with E-state index in [0.717, 1.165) is 0 Å². The third-order valence-corrected chi connectivity index (χ3v) is 2.18. The van der Waals surface area contributed by atoms with Gasteiger partial charge in [-0.05, 0) is 11.4 Å². The molecule has 6 heteroatoms. The van der Waals surface area contributed by atoms with Crippen LogP contribution in [0.5, 0.6) is 0 Å². The Balaban J connectivity index is 2.66. The molecule has 0 spiro atoms. The van der Waals surface area contributed by atoms with Crippen LogP contribution < -0.4 is 5.32 Å². The van der Waals surface area contributed by atoms with E-state index in [1.165, 1.54) is 11.3 Å². The number of rotatable bonds is 3. The standard InChI is InChI=1S/C8H6N2O3S/c9-4-5-1-2-14-8(5)10-6(11)3-7(12)13/h1-2H,3H2,(H,10,11)(H,12,13). The van der Waals surface area contributed by atoms with Gasteiger partial charge in [0.2, 0.25) is 5.91 Å². The van der Waals surface area contributed by atoms with E-state index in [1.54, 1.807) is 11.4 Å². The maximum atomic E-state index is 11.0. The van der Waals surface area contributed by atoms with Crippen LogP contribution in [0.15, 0.2) is 11.4 Å². The molecule has 0 aliphatic rings. The first-order chi connectivity index (χ1) is 6.63. The molecular formula is C8H6N2O3S. The molecule has 0 unspecified atom stereocenters. The highest BCUT2D eigenvalue weighted by Gasteiger charge is 2.10. The van der Waals surface area contributed by atoms with Gasteiger partial charge in [-0.25, -0.2) is 0 Å². The Hall–Kier alpha value is -1.87. The Kier molecular flexibility index (Phi) is 3.20. The van der Waals surface area contributed by atoms with Crippen LogP contribution in [0.1, 0.15) is 12.0 Å². The number of nitrogens with one attached hydrogen (secondary N) is 1. The maximum Gasteiger partial charge on any atom is 0.312 e. The van der Waals surface area contributed by atoms with Crippen LogP contribution in [0.3, 0.4) is 0 Å². The van der Waals surface area contributed by atoms with Gasteiger partial charge in [0.05, 0.1) is 5.56 Å². The quantitative estimate of drug-likeness (QED) is 0.729. The van der Waals surface area contributed by atoms with Crippen LogP contribution in [0, 0.1) is 11.3 Å². The minimum absolute atomic E-state index is 0.341. The second-order valence-electron chi connectivity index (χ2n) is 2.39. The van der Waals surface area contributed by atoms with Crippen LogP contribution in [0.4, 0.5) is 5.00 Å². The third-order valence-electron chi connectivity index (χ3n) is 1.35. The number of nitriles is 1. The molecule has 1 aromatic rings. The summed E-state index contributed by atoms with van der Waals surface area (Å²) in [6.07, 6.45) is -0.594. The fourth-order valence-corrected chi connectivity index (χ4v) is 1.56. The van der Waals surface area contributed by atoms with Gasteiger partial charge in [-0.2, -0.15) is 5.26 Å². The molecule has 0 aliphatic heterocycles. The number of carbonyl (C=O) groups is 2. The normalized spacial score (nSPS) is 9.07. The summed E-state index contributed by atoms with van der Waals surface area (Å²) in [7, 11) is 0. The van der Waals surface area contributed by atoms with Crippen LogP contribution in [-0.4, -0.2) is 17.0 Å². The van der Waals surface area contributed by atoms with Crippen molar-refractivity contribution in [1.82, 2.24) is 0 Å². The largest absolute Gasteiger partial charge is 0.481 e. The predicted octanol–water partition coefficient (Wildman–Crippen LogP) is 1.03. The molecule has 0 bridgehead atoms. The van der Waals surface area contributed by atoms with Crippen molar-refractivity contribution in [2.75, 3.05) is 5.32 Å². The average Bonchev–Trinajstić information content (AvgIpc) is 2.50. The highest BCUT2D eigenvalue weighted by Crippen LogP contribution is 2.21. The molecule has 0 saturated heterocycles. The van der Waals surface area contributed by atoms with Crippen molar-refractivity contribution in [1.29, 1.82) is 5.26 Å². The Bertz CT molecular complexity index is 405. The van der Waals surface area contributed by atoms with Gasteiger partial charge in [-0.1, -0.05) is 0 Å². The summed E-state index contributed by atoms with van der Waals surface area (Å²) in [6, 6.07) is 3.44. The minimum atomic E-state index is -1.20. The summed E-state index contributed by atoms with van der Waals surface area (Å²) in [5.41, 5.74) is 0.341. The van der Waals surface area contributed by atoms with Gasteiger partial charge in [-0.15, -0.1) is 11.3 Å². The number of aliphatic carboxylic acids is 1. The van der Waals surface area contributed by atoms with Crippen molar-refractivity contribution in [2.45, 2.75) is 6.42 Å². The summed E-state index contributed by atoms with van der Waals surface area (Å²) >= 11 is 1.18. The fourth-order valence-electron chi connectivity index (χ4n) is 0.802. The van der Waals surface area contributed by atoms with Gasteiger partial charge in [0.1, 0.15) is 17.5 Å². The van der Waals surface area contributed by atoms with Crippen molar-refractivity contribution in [3.63, 3.8) is 0 Å². The molecule has 0 atom stereocenters. The van der Waals surface area contributed by atoms with Gasteiger partial charge in [0.15, 0.2) is 0 Å². The number of carboxylic acid groups (broad SMARTS) is 1. The Morgan fingerprint density at radius 3 is 2.93 bits per heavy atom. The molecular weight excluding hydrogens is 204 g/mol. The Morgan fingerprint density at radius 1 is 1.64 bits per heavy atom. The Labute approximate surface area is 83.6 Å². The number of nitrogens with zero attached hydrogens (tertiary/aromatic N) is 1. The van der Waals surface area contributed by atoms with Crippen molar-refractivity contribution >= 4 is 28.2 Å². The number of carbonyl (C=O) groups excluding carboxylic acids is 1. The smallest absolute Gasteiger partial charge is 0.312 e. The lowest BCUT2D eigenvalue weighted by molar-refractivity contribution is -0.139. The summed E-state index contributed by atoms with van der Waals surface area (Å²) in [4.78, 5) is 21.2. The minimum Gasteiger partial charge on any atom is -0.481 e. The summed E-state index contributed by atoms with van der Waals surface area (Å²) in [5, 5.41) is 21.3. The highest BCUT2D eigenvalue weighted by molar-refractivity contribution is 7.14. The van der Waals surface area contributed by atoms with Crippen molar-refractivity contribution in [3.05, 3.63) is 17.0 Å². The fraction of sp³-hybridized carbons (Fsp3) is 0.125. The predicted molar refractivity (Wildman–Crippen MR) is 49.9 cm³/mol. The molecule has 2 N–H and O–H groups in total. The molecule has 0 fully saturated rings. The lowest BCUT2D eigenvalue weighted by atomic mass is 10.3. The van der Waals surface area contributed by atoms with E-state index < -0.39 is 18.3 Å². The maximum absolute atomic E-state index is 11.0. The van der Waals surface area contributed by atoms with E-state index in [2.05, 4.69) is 5.32 Å². The lowest BCUT2D eigenvalue weighted by Gasteiger charge is -1.99. The van der Waals surface area contributed by atoms with Gasteiger partial charge >= 0.3 is 5.97 Å². The molecule has 0 aromatic carbocycles. The number of amides is 1. The van der Waals surface area contributed by atoms with Crippen molar-refractivity contribution in [3.8, 4) is 6.07 Å². The molecule has 72 valence electrons. The molecule has 5 nitrogen and oxygen atoms in total. The van der Waals surface area contributed by atoms with E-state index >= 15 is 0 Å². The van der Waals surface area contributed by atoms with Crippen LogP contribution in [-0.2, 0) is 9.59 Å². The number of hydrogen-bond donors (Lipinski definition) is 2. The first kappa shape index (κ1) is 10.2. The second-order valence-corrected chi connectivity index (χ2v) is 3.31. The van der Waals surface area contributed by atoms with E-state index in [0.29, 0.717) is 10.6 Å². The molecule has 0 radical (unpaired) electrons.